The summed E-state index contributed by atoms with van der Waals surface area (Å²) in [5, 5.41) is 14.7. The quantitative estimate of drug-likeness (QED) is 0.233. The lowest BCUT2D eigenvalue weighted by Gasteiger charge is -2.22. The van der Waals surface area contributed by atoms with Gasteiger partial charge in [-0.15, -0.1) is 0 Å². The van der Waals surface area contributed by atoms with Crippen LogP contribution in [0.3, 0.4) is 0 Å². The zero-order valence-corrected chi connectivity index (χ0v) is 21.7. The minimum Gasteiger partial charge on any atom is -0.356 e. The van der Waals surface area contributed by atoms with Crippen molar-refractivity contribution in [2.45, 2.75) is 0 Å². The van der Waals surface area contributed by atoms with Gasteiger partial charge in [0.2, 0.25) is 0 Å². The molecule has 10 heteroatoms. The fraction of sp³-hybridized carbons (Fsp3) is 0. The lowest BCUT2D eigenvalue weighted by Crippen LogP contribution is -2.12. The standard InChI is InChI=1S/C30H20N8OS/c39-30(18-4-2-1-3-5-18)37-22-10-20(12-31-14-22)21-11-23-27(35-17-36-29(23)34-13-21)25-15-33-28-24(38-25)6-8-32-26(28)19-7-9-40-16-19/h1-17,33,38H,(H,37,39). The van der Waals surface area contributed by atoms with Gasteiger partial charge in [0, 0.05) is 57.8 Å². The molecule has 9 nitrogen and oxygen atoms in total. The number of rotatable bonds is 5. The highest BCUT2D eigenvalue weighted by Gasteiger charge is 2.20. The van der Waals surface area contributed by atoms with Crippen LogP contribution < -0.4 is 16.0 Å². The van der Waals surface area contributed by atoms with Gasteiger partial charge in [-0.3, -0.25) is 14.8 Å². The number of aromatic nitrogens is 5. The highest BCUT2D eigenvalue weighted by atomic mass is 32.1. The number of nitrogens with one attached hydrogen (secondary N) is 3. The Morgan fingerprint density at radius 2 is 1.75 bits per heavy atom. The largest absolute Gasteiger partial charge is 0.356 e. The maximum absolute atomic E-state index is 12.6. The highest BCUT2D eigenvalue weighted by Crippen LogP contribution is 2.38. The summed E-state index contributed by atoms with van der Waals surface area (Å²) in [6.45, 7) is 0. The predicted octanol–water partition coefficient (Wildman–Crippen LogP) is 6.30. The fourth-order valence-electron chi connectivity index (χ4n) is 4.56. The fourth-order valence-corrected chi connectivity index (χ4v) is 5.20. The molecule has 6 heterocycles. The number of thiophene rings is 1. The molecule has 6 aromatic rings. The molecular formula is C30H20N8OS. The molecule has 1 aromatic carbocycles. The van der Waals surface area contributed by atoms with Crippen molar-refractivity contribution in [2.24, 2.45) is 0 Å². The van der Waals surface area contributed by atoms with E-state index >= 15 is 0 Å². The third-order valence-electron chi connectivity index (χ3n) is 6.48. The molecule has 0 fully saturated rings. The minimum absolute atomic E-state index is 0.202. The summed E-state index contributed by atoms with van der Waals surface area (Å²) in [6, 6.07) is 16.9. The SMILES string of the molecule is O=C(Nc1cncc(-c2cnc3ncnc(C4=CNc5c(ccnc5-c5ccsc5)N4)c3c2)c1)c1ccccc1. The number of pyridine rings is 3. The van der Waals surface area contributed by atoms with Gasteiger partial charge in [-0.1, -0.05) is 18.2 Å². The monoisotopic (exact) mass is 540 g/mol. The molecule has 192 valence electrons. The van der Waals surface area contributed by atoms with Gasteiger partial charge in [0.15, 0.2) is 5.65 Å². The van der Waals surface area contributed by atoms with E-state index in [1.165, 1.54) is 6.33 Å². The smallest absolute Gasteiger partial charge is 0.255 e. The van der Waals surface area contributed by atoms with Crippen molar-refractivity contribution in [2.75, 3.05) is 16.0 Å². The second kappa shape index (κ2) is 10.0. The highest BCUT2D eigenvalue weighted by molar-refractivity contribution is 7.08. The van der Waals surface area contributed by atoms with Crippen LogP contribution in [-0.2, 0) is 0 Å². The third kappa shape index (κ3) is 4.42. The maximum Gasteiger partial charge on any atom is 0.255 e. The van der Waals surface area contributed by atoms with Crippen LogP contribution in [0.5, 0.6) is 0 Å². The maximum atomic E-state index is 12.6. The molecular weight excluding hydrogens is 520 g/mol. The van der Waals surface area contributed by atoms with Gasteiger partial charge >= 0.3 is 0 Å². The van der Waals surface area contributed by atoms with Gasteiger partial charge in [0.1, 0.15) is 12.0 Å². The van der Waals surface area contributed by atoms with Crippen LogP contribution in [0.2, 0.25) is 0 Å². The summed E-state index contributed by atoms with van der Waals surface area (Å²) in [4.78, 5) is 35.1. The average molecular weight is 541 g/mol. The Morgan fingerprint density at radius 1 is 0.850 bits per heavy atom. The minimum atomic E-state index is -0.202. The first kappa shape index (κ1) is 23.6. The molecule has 5 aromatic heterocycles. The number of benzene rings is 1. The van der Waals surface area contributed by atoms with E-state index in [4.69, 9.17) is 0 Å². The molecule has 40 heavy (non-hydrogen) atoms. The normalized spacial score (nSPS) is 12.2. The second-order valence-electron chi connectivity index (χ2n) is 9.02. The molecule has 1 aliphatic rings. The summed E-state index contributed by atoms with van der Waals surface area (Å²) < 4.78 is 0. The van der Waals surface area contributed by atoms with E-state index in [0.717, 1.165) is 44.8 Å². The van der Waals surface area contributed by atoms with Crippen LogP contribution in [0.1, 0.15) is 16.1 Å². The first-order valence-electron chi connectivity index (χ1n) is 12.4. The Kier molecular flexibility index (Phi) is 5.91. The van der Waals surface area contributed by atoms with Gasteiger partial charge in [-0.25, -0.2) is 15.0 Å². The topological polar surface area (TPSA) is 118 Å². The lowest BCUT2D eigenvalue weighted by atomic mass is 10.1. The van der Waals surface area contributed by atoms with Gasteiger partial charge in [0.05, 0.1) is 34.6 Å². The van der Waals surface area contributed by atoms with Crippen LogP contribution >= 0.6 is 11.3 Å². The Balaban J connectivity index is 1.21. The molecule has 0 saturated heterocycles. The molecule has 0 unspecified atom stereocenters. The molecule has 1 amide bonds. The third-order valence-corrected chi connectivity index (χ3v) is 7.17. The predicted molar refractivity (Wildman–Crippen MR) is 158 cm³/mol. The van der Waals surface area contributed by atoms with Crippen LogP contribution in [0.4, 0.5) is 17.1 Å². The molecule has 0 bridgehead atoms. The molecule has 0 saturated carbocycles. The van der Waals surface area contributed by atoms with Gasteiger partial charge in [-0.2, -0.15) is 11.3 Å². The van der Waals surface area contributed by atoms with E-state index in [1.807, 2.05) is 48.0 Å². The van der Waals surface area contributed by atoms with E-state index in [2.05, 4.69) is 52.3 Å². The molecule has 1 aliphatic heterocycles. The van der Waals surface area contributed by atoms with Crippen molar-refractivity contribution in [1.82, 2.24) is 24.9 Å². The summed E-state index contributed by atoms with van der Waals surface area (Å²) in [5.74, 6) is -0.202. The Labute approximate surface area is 232 Å². The van der Waals surface area contributed by atoms with Gasteiger partial charge in [0.25, 0.3) is 5.91 Å². The molecule has 7 rings (SSSR count). The number of hydrogen-bond donors (Lipinski definition) is 3. The first-order valence-corrected chi connectivity index (χ1v) is 13.4. The van der Waals surface area contributed by atoms with Crippen molar-refractivity contribution >= 4 is 51.0 Å². The van der Waals surface area contributed by atoms with E-state index in [0.29, 0.717) is 22.6 Å². The number of fused-ring (bicyclic) bond motifs is 2. The molecule has 3 N–H and O–H groups in total. The number of amides is 1. The Hall–Kier alpha value is -5.48. The van der Waals surface area contributed by atoms with Crippen LogP contribution in [0.15, 0.2) is 103 Å². The van der Waals surface area contributed by atoms with E-state index < -0.39 is 0 Å². The summed E-state index contributed by atoms with van der Waals surface area (Å²) in [7, 11) is 0. The van der Waals surface area contributed by atoms with Gasteiger partial charge < -0.3 is 16.0 Å². The zero-order chi connectivity index (χ0) is 26.9. The van der Waals surface area contributed by atoms with Crippen molar-refractivity contribution in [1.29, 1.82) is 0 Å². The number of carbonyl (C=O) groups is 1. The summed E-state index contributed by atoms with van der Waals surface area (Å²) >= 11 is 1.63. The number of carbonyl (C=O) groups excluding carboxylic acids is 1. The van der Waals surface area contributed by atoms with Crippen molar-refractivity contribution < 1.29 is 4.79 Å². The van der Waals surface area contributed by atoms with Crippen molar-refractivity contribution in [3.8, 4) is 22.4 Å². The molecule has 0 aliphatic carbocycles. The van der Waals surface area contributed by atoms with E-state index in [9.17, 15) is 4.79 Å². The summed E-state index contributed by atoms with van der Waals surface area (Å²) in [6.07, 6.45) is 10.3. The average Bonchev–Trinajstić information content (AvgIpc) is 3.55. The number of nitrogens with zero attached hydrogens (tertiary/aromatic N) is 5. The van der Waals surface area contributed by atoms with Crippen LogP contribution in [-0.4, -0.2) is 30.8 Å². The van der Waals surface area contributed by atoms with Crippen LogP contribution in [0, 0.1) is 0 Å². The summed E-state index contributed by atoms with van der Waals surface area (Å²) in [5.41, 5.74) is 8.57. The van der Waals surface area contributed by atoms with Crippen molar-refractivity contribution in [3.05, 3.63) is 114 Å². The second-order valence-corrected chi connectivity index (χ2v) is 9.80. The Morgan fingerprint density at radius 3 is 2.62 bits per heavy atom. The van der Waals surface area contributed by atoms with E-state index in [1.54, 1.807) is 48.3 Å². The Bertz CT molecular complexity index is 1900. The van der Waals surface area contributed by atoms with Gasteiger partial charge in [-0.05, 0) is 41.8 Å². The molecule has 0 radical (unpaired) electrons. The zero-order valence-electron chi connectivity index (χ0n) is 20.9. The first-order chi connectivity index (χ1) is 19.7. The van der Waals surface area contributed by atoms with Crippen molar-refractivity contribution in [3.63, 3.8) is 0 Å². The molecule has 0 spiro atoms. The van der Waals surface area contributed by atoms with E-state index in [-0.39, 0.29) is 5.91 Å². The van der Waals surface area contributed by atoms with Crippen LogP contribution in [0.25, 0.3) is 39.1 Å². The lowest BCUT2D eigenvalue weighted by molar-refractivity contribution is 0.102. The number of anilines is 3. The molecule has 0 atom stereocenters. The number of hydrogen-bond acceptors (Lipinski definition) is 9.